The number of aromatic nitrogens is 5. The van der Waals surface area contributed by atoms with Crippen LogP contribution in [0.2, 0.25) is 0 Å². The summed E-state index contributed by atoms with van der Waals surface area (Å²) in [5.74, 6) is 0.635. The molecule has 0 saturated heterocycles. The van der Waals surface area contributed by atoms with E-state index in [4.69, 9.17) is 10.5 Å². The van der Waals surface area contributed by atoms with Crippen molar-refractivity contribution in [1.82, 2.24) is 25.4 Å². The van der Waals surface area contributed by atoms with E-state index in [9.17, 15) is 4.39 Å². The number of anilines is 3. The first-order valence-corrected chi connectivity index (χ1v) is 7.31. The quantitative estimate of drug-likeness (QED) is 0.634. The van der Waals surface area contributed by atoms with E-state index < -0.39 is 0 Å². The maximum Gasteiger partial charge on any atom is 0.221 e. The van der Waals surface area contributed by atoms with Gasteiger partial charge >= 0.3 is 0 Å². The van der Waals surface area contributed by atoms with Crippen molar-refractivity contribution in [1.29, 1.82) is 0 Å². The first-order chi connectivity index (χ1) is 11.7. The summed E-state index contributed by atoms with van der Waals surface area (Å²) in [6.45, 7) is 2.24. The van der Waals surface area contributed by atoms with Crippen LogP contribution in [0.4, 0.5) is 21.8 Å². The molecule has 2 heterocycles. The molecule has 0 unspecified atom stereocenters. The molecular formula is C15H16FN7O. The van der Waals surface area contributed by atoms with Gasteiger partial charge in [-0.1, -0.05) is 0 Å². The molecule has 0 aliphatic heterocycles. The number of hydrogen-bond donors (Lipinski definition) is 3. The summed E-state index contributed by atoms with van der Waals surface area (Å²) in [5, 5.41) is 13.5. The Morgan fingerprint density at radius 2 is 2.21 bits per heavy atom. The Labute approximate surface area is 137 Å². The van der Waals surface area contributed by atoms with Gasteiger partial charge in [-0.2, -0.15) is 20.4 Å². The van der Waals surface area contributed by atoms with E-state index in [0.29, 0.717) is 30.3 Å². The molecule has 0 atom stereocenters. The zero-order chi connectivity index (χ0) is 16.9. The molecule has 0 saturated carbocycles. The van der Waals surface area contributed by atoms with Gasteiger partial charge in [-0.3, -0.25) is 0 Å². The summed E-state index contributed by atoms with van der Waals surface area (Å²) in [5.41, 5.74) is 7.77. The Hall–Kier alpha value is -3.23. The lowest BCUT2D eigenvalue weighted by molar-refractivity contribution is 0.340. The van der Waals surface area contributed by atoms with Gasteiger partial charge in [0, 0.05) is 24.2 Å². The molecular weight excluding hydrogens is 313 g/mol. The van der Waals surface area contributed by atoms with Crippen molar-refractivity contribution >= 4 is 17.5 Å². The molecule has 8 nitrogen and oxygen atoms in total. The third kappa shape index (κ3) is 3.57. The second-order valence-corrected chi connectivity index (χ2v) is 4.94. The van der Waals surface area contributed by atoms with Crippen LogP contribution in [-0.4, -0.2) is 32.0 Å². The van der Waals surface area contributed by atoms with E-state index in [2.05, 4.69) is 30.7 Å². The molecule has 124 valence electrons. The minimum atomic E-state index is -0.381. The summed E-state index contributed by atoms with van der Waals surface area (Å²) < 4.78 is 18.9. The second kappa shape index (κ2) is 6.90. The third-order valence-corrected chi connectivity index (χ3v) is 3.22. The van der Waals surface area contributed by atoms with Crippen molar-refractivity contribution in [3.05, 3.63) is 47.7 Å². The molecule has 24 heavy (non-hydrogen) atoms. The lowest BCUT2D eigenvalue weighted by Gasteiger charge is -2.14. The average molecular weight is 329 g/mol. The first kappa shape index (κ1) is 15.7. The molecule has 3 aromatic rings. The van der Waals surface area contributed by atoms with Crippen LogP contribution in [0.3, 0.4) is 0 Å². The number of rotatable bonds is 6. The fourth-order valence-electron chi connectivity index (χ4n) is 2.17. The Morgan fingerprint density at radius 3 is 2.96 bits per heavy atom. The molecule has 9 heteroatoms. The summed E-state index contributed by atoms with van der Waals surface area (Å²) >= 11 is 0. The van der Waals surface area contributed by atoms with E-state index in [1.54, 1.807) is 18.5 Å². The number of hydrogen-bond acceptors (Lipinski definition) is 7. The molecule has 0 spiro atoms. The largest absolute Gasteiger partial charge is 0.492 e. The van der Waals surface area contributed by atoms with Gasteiger partial charge in [0.25, 0.3) is 0 Å². The SMILES string of the molecule is CCOc1cc(F)ccc1Nc1nc(N)ncc1Cc1cn[nH]n1. The van der Waals surface area contributed by atoms with Gasteiger partial charge in [0.1, 0.15) is 17.4 Å². The predicted molar refractivity (Wildman–Crippen MR) is 86.5 cm³/mol. The number of halogens is 1. The number of nitrogens with zero attached hydrogens (tertiary/aromatic N) is 4. The summed E-state index contributed by atoms with van der Waals surface area (Å²) in [4.78, 5) is 8.23. The van der Waals surface area contributed by atoms with Gasteiger partial charge in [0.15, 0.2) is 0 Å². The molecule has 0 radical (unpaired) electrons. The fraction of sp³-hybridized carbons (Fsp3) is 0.200. The molecule has 2 aromatic heterocycles. The summed E-state index contributed by atoms with van der Waals surface area (Å²) in [6.07, 6.45) is 3.69. The van der Waals surface area contributed by atoms with E-state index >= 15 is 0 Å². The van der Waals surface area contributed by atoms with Gasteiger partial charge in [-0.25, -0.2) is 9.37 Å². The highest BCUT2D eigenvalue weighted by atomic mass is 19.1. The normalized spacial score (nSPS) is 10.6. The van der Waals surface area contributed by atoms with Crippen LogP contribution in [-0.2, 0) is 6.42 Å². The first-order valence-electron chi connectivity index (χ1n) is 7.31. The molecule has 0 aliphatic carbocycles. The Kier molecular flexibility index (Phi) is 4.50. The van der Waals surface area contributed by atoms with Crippen LogP contribution >= 0.6 is 0 Å². The van der Waals surface area contributed by atoms with Crippen LogP contribution in [0.25, 0.3) is 0 Å². The molecule has 1 aromatic carbocycles. The van der Waals surface area contributed by atoms with Gasteiger partial charge in [-0.05, 0) is 19.1 Å². The van der Waals surface area contributed by atoms with Crippen molar-refractivity contribution < 1.29 is 9.13 Å². The van der Waals surface area contributed by atoms with Crippen LogP contribution in [0, 0.1) is 5.82 Å². The number of nitrogens with one attached hydrogen (secondary N) is 2. The van der Waals surface area contributed by atoms with Gasteiger partial charge < -0.3 is 15.8 Å². The Morgan fingerprint density at radius 1 is 1.33 bits per heavy atom. The highest BCUT2D eigenvalue weighted by molar-refractivity contribution is 5.66. The average Bonchev–Trinajstić information content (AvgIpc) is 3.06. The van der Waals surface area contributed by atoms with E-state index in [1.807, 2.05) is 6.92 Å². The van der Waals surface area contributed by atoms with E-state index in [0.717, 1.165) is 11.3 Å². The zero-order valence-electron chi connectivity index (χ0n) is 13.0. The number of H-pyrrole nitrogens is 1. The van der Waals surface area contributed by atoms with Crippen molar-refractivity contribution in [2.75, 3.05) is 17.7 Å². The summed E-state index contributed by atoms with van der Waals surface area (Å²) in [7, 11) is 0. The summed E-state index contributed by atoms with van der Waals surface area (Å²) in [6, 6.07) is 4.24. The van der Waals surface area contributed by atoms with Gasteiger partial charge in [0.05, 0.1) is 24.2 Å². The Bertz CT molecular complexity index is 823. The topological polar surface area (TPSA) is 115 Å². The number of ether oxygens (including phenoxy) is 1. The molecule has 0 aliphatic rings. The smallest absolute Gasteiger partial charge is 0.221 e. The molecule has 0 amide bonds. The monoisotopic (exact) mass is 329 g/mol. The molecule has 3 rings (SSSR count). The highest BCUT2D eigenvalue weighted by Gasteiger charge is 2.12. The van der Waals surface area contributed by atoms with E-state index in [-0.39, 0.29) is 11.8 Å². The lowest BCUT2D eigenvalue weighted by atomic mass is 10.1. The highest BCUT2D eigenvalue weighted by Crippen LogP contribution is 2.29. The van der Waals surface area contributed by atoms with Crippen LogP contribution in [0.1, 0.15) is 18.2 Å². The zero-order valence-corrected chi connectivity index (χ0v) is 13.0. The Balaban J connectivity index is 1.93. The second-order valence-electron chi connectivity index (χ2n) is 4.94. The van der Waals surface area contributed by atoms with Crippen molar-refractivity contribution in [2.24, 2.45) is 0 Å². The molecule has 4 N–H and O–H groups in total. The number of nitrogens with two attached hydrogens (primary N) is 1. The maximum absolute atomic E-state index is 13.4. The predicted octanol–water partition coefficient (Wildman–Crippen LogP) is 2.05. The molecule has 0 bridgehead atoms. The van der Waals surface area contributed by atoms with Gasteiger partial charge in [-0.15, -0.1) is 0 Å². The minimum Gasteiger partial charge on any atom is -0.492 e. The minimum absolute atomic E-state index is 0.126. The van der Waals surface area contributed by atoms with Gasteiger partial charge in [0.2, 0.25) is 5.95 Å². The fourth-order valence-corrected chi connectivity index (χ4v) is 2.17. The third-order valence-electron chi connectivity index (χ3n) is 3.22. The van der Waals surface area contributed by atoms with Crippen molar-refractivity contribution in [3.8, 4) is 5.75 Å². The van der Waals surface area contributed by atoms with E-state index in [1.165, 1.54) is 12.1 Å². The van der Waals surface area contributed by atoms with Crippen molar-refractivity contribution in [3.63, 3.8) is 0 Å². The lowest BCUT2D eigenvalue weighted by Crippen LogP contribution is -2.06. The van der Waals surface area contributed by atoms with Crippen LogP contribution in [0.5, 0.6) is 5.75 Å². The molecule has 0 fully saturated rings. The maximum atomic E-state index is 13.4. The van der Waals surface area contributed by atoms with Crippen LogP contribution in [0.15, 0.2) is 30.6 Å². The standard InChI is InChI=1S/C15H16FN7O/c1-2-24-13-6-10(16)3-4-12(13)20-14-9(7-18-15(17)21-14)5-11-8-19-23-22-11/h3-4,6-8H,2,5H2,1H3,(H,19,22,23)(H3,17,18,20,21). The number of nitrogen functional groups attached to an aromatic ring is 1. The number of benzene rings is 1. The number of aromatic amines is 1. The van der Waals surface area contributed by atoms with Crippen molar-refractivity contribution in [2.45, 2.75) is 13.3 Å². The van der Waals surface area contributed by atoms with Crippen LogP contribution < -0.4 is 15.8 Å².